The number of aromatic nitrogens is 2. The van der Waals surface area contributed by atoms with Crippen molar-refractivity contribution in [3.8, 4) is 0 Å². The Balaban J connectivity index is 1.75. The van der Waals surface area contributed by atoms with Gasteiger partial charge in [0.2, 0.25) is 5.82 Å². The van der Waals surface area contributed by atoms with Crippen LogP contribution in [0.3, 0.4) is 0 Å². The first-order valence-electron chi connectivity index (χ1n) is 8.41. The molecule has 2 heterocycles. The molecule has 1 unspecified atom stereocenters. The molecule has 1 aliphatic rings. The van der Waals surface area contributed by atoms with Crippen LogP contribution in [0, 0.1) is 5.82 Å². The van der Waals surface area contributed by atoms with Gasteiger partial charge in [0, 0.05) is 13.3 Å². The monoisotopic (exact) mass is 392 g/mol. The molecule has 0 saturated carbocycles. The minimum atomic E-state index is -1.19. The van der Waals surface area contributed by atoms with Crippen LogP contribution in [0.2, 0.25) is 0 Å². The molecule has 1 saturated heterocycles. The van der Waals surface area contributed by atoms with Gasteiger partial charge in [-0.05, 0) is 12.1 Å². The van der Waals surface area contributed by atoms with E-state index in [9.17, 15) is 23.6 Å². The lowest BCUT2D eigenvalue weighted by molar-refractivity contribution is -0.152. The van der Waals surface area contributed by atoms with Crippen molar-refractivity contribution >= 4 is 11.9 Å². The van der Waals surface area contributed by atoms with E-state index in [0.29, 0.717) is 11.8 Å². The van der Waals surface area contributed by atoms with Crippen LogP contribution < -0.4 is 11.2 Å². The van der Waals surface area contributed by atoms with Crippen LogP contribution in [0.4, 0.5) is 4.39 Å². The van der Waals surface area contributed by atoms with Crippen molar-refractivity contribution in [2.24, 2.45) is 0 Å². The van der Waals surface area contributed by atoms with Crippen LogP contribution in [0.15, 0.2) is 46.1 Å². The average molecular weight is 392 g/mol. The van der Waals surface area contributed by atoms with E-state index < -0.39 is 47.4 Å². The van der Waals surface area contributed by atoms with E-state index in [-0.39, 0.29) is 13.0 Å². The Morgan fingerprint density at radius 3 is 2.68 bits per heavy atom. The fourth-order valence-electron chi connectivity index (χ4n) is 2.86. The van der Waals surface area contributed by atoms with Crippen molar-refractivity contribution in [2.45, 2.75) is 31.8 Å². The van der Waals surface area contributed by atoms with Gasteiger partial charge in [-0.3, -0.25) is 19.1 Å². The van der Waals surface area contributed by atoms with E-state index in [4.69, 9.17) is 14.2 Å². The third-order valence-corrected chi connectivity index (χ3v) is 4.07. The van der Waals surface area contributed by atoms with E-state index in [2.05, 4.69) is 0 Å². The molecule has 1 aromatic carbocycles. The molecule has 148 valence electrons. The zero-order valence-electron chi connectivity index (χ0n) is 14.8. The fourth-order valence-corrected chi connectivity index (χ4v) is 2.86. The van der Waals surface area contributed by atoms with Gasteiger partial charge in [-0.25, -0.2) is 9.59 Å². The van der Waals surface area contributed by atoms with Gasteiger partial charge in [0.25, 0.3) is 5.56 Å². The largest absolute Gasteiger partial charge is 0.459 e. The zero-order valence-corrected chi connectivity index (χ0v) is 14.8. The van der Waals surface area contributed by atoms with E-state index in [1.807, 2.05) is 4.98 Å². The predicted octanol–water partition coefficient (Wildman–Crippen LogP) is 0.752. The maximum Gasteiger partial charge on any atom is 0.338 e. The van der Waals surface area contributed by atoms with E-state index in [0.717, 1.165) is 4.57 Å². The van der Waals surface area contributed by atoms with Gasteiger partial charge in [-0.2, -0.15) is 4.39 Å². The number of nitrogens with zero attached hydrogens (tertiary/aromatic N) is 1. The molecule has 2 aromatic rings. The number of esters is 2. The number of H-pyrrole nitrogens is 1. The third-order valence-electron chi connectivity index (χ3n) is 4.07. The molecular weight excluding hydrogens is 375 g/mol. The first-order valence-corrected chi connectivity index (χ1v) is 8.41. The molecule has 9 nitrogen and oxygen atoms in total. The van der Waals surface area contributed by atoms with Gasteiger partial charge in [0.05, 0.1) is 17.9 Å². The van der Waals surface area contributed by atoms with Gasteiger partial charge in [-0.15, -0.1) is 0 Å². The molecule has 3 atom stereocenters. The van der Waals surface area contributed by atoms with Gasteiger partial charge in [0.15, 0.2) is 6.23 Å². The zero-order chi connectivity index (χ0) is 20.3. The number of carbonyl (C=O) groups is 2. The Hall–Kier alpha value is -3.27. The predicted molar refractivity (Wildman–Crippen MR) is 92.1 cm³/mol. The Morgan fingerprint density at radius 2 is 2.00 bits per heavy atom. The number of benzene rings is 1. The molecule has 0 aliphatic carbocycles. The molecule has 0 amide bonds. The van der Waals surface area contributed by atoms with Crippen LogP contribution in [-0.4, -0.2) is 40.3 Å². The summed E-state index contributed by atoms with van der Waals surface area (Å²) in [4.78, 5) is 48.4. The van der Waals surface area contributed by atoms with E-state index in [1.165, 1.54) is 6.92 Å². The summed E-state index contributed by atoms with van der Waals surface area (Å²) in [5, 5.41) is 0. The number of rotatable bonds is 5. The summed E-state index contributed by atoms with van der Waals surface area (Å²) in [7, 11) is 0. The van der Waals surface area contributed by atoms with Gasteiger partial charge >= 0.3 is 17.6 Å². The molecule has 3 rings (SSSR count). The Kier molecular flexibility index (Phi) is 5.69. The standard InChI is InChI=1S/C18H17FN2O7/c1-10(22)27-14-7-12(9-26-17(24)11-5-3-2-4-6-11)28-16(14)21-8-13(19)15(23)20-18(21)25/h2-6,8,12,14,16H,7,9H2,1H3,(H,20,23,25)/t12-,14?,16+/m0/s1. The van der Waals surface area contributed by atoms with Crippen molar-refractivity contribution in [3.63, 3.8) is 0 Å². The highest BCUT2D eigenvalue weighted by molar-refractivity contribution is 5.89. The normalized spacial score (nSPS) is 21.3. The summed E-state index contributed by atoms with van der Waals surface area (Å²) < 4.78 is 30.4. The second-order valence-corrected chi connectivity index (χ2v) is 6.14. The van der Waals surface area contributed by atoms with Crippen LogP contribution in [0.5, 0.6) is 0 Å². The Bertz CT molecular complexity index is 985. The van der Waals surface area contributed by atoms with Crippen molar-refractivity contribution in [1.29, 1.82) is 0 Å². The van der Waals surface area contributed by atoms with Crippen molar-refractivity contribution in [3.05, 3.63) is 68.7 Å². The van der Waals surface area contributed by atoms with Crippen molar-refractivity contribution < 1.29 is 28.2 Å². The molecule has 0 radical (unpaired) electrons. The number of hydrogen-bond donors (Lipinski definition) is 1. The minimum Gasteiger partial charge on any atom is -0.459 e. The summed E-state index contributed by atoms with van der Waals surface area (Å²) in [5.74, 6) is -2.38. The number of aromatic amines is 1. The average Bonchev–Trinajstić information content (AvgIpc) is 3.05. The quantitative estimate of drug-likeness (QED) is 0.747. The van der Waals surface area contributed by atoms with E-state index >= 15 is 0 Å². The molecule has 1 aromatic heterocycles. The Morgan fingerprint density at radius 1 is 1.29 bits per heavy atom. The lowest BCUT2D eigenvalue weighted by atomic mass is 10.2. The molecule has 1 aliphatic heterocycles. The van der Waals surface area contributed by atoms with E-state index in [1.54, 1.807) is 30.3 Å². The smallest absolute Gasteiger partial charge is 0.338 e. The van der Waals surface area contributed by atoms with Gasteiger partial charge in [-0.1, -0.05) is 18.2 Å². The van der Waals surface area contributed by atoms with Crippen LogP contribution in [0.1, 0.15) is 29.9 Å². The lowest BCUT2D eigenvalue weighted by Gasteiger charge is -2.20. The van der Waals surface area contributed by atoms with Crippen LogP contribution >= 0.6 is 0 Å². The molecule has 1 fully saturated rings. The van der Waals surface area contributed by atoms with Crippen LogP contribution in [0.25, 0.3) is 0 Å². The first kappa shape index (κ1) is 19.5. The molecule has 10 heteroatoms. The molecular formula is C18H17FN2O7. The molecule has 0 spiro atoms. The highest BCUT2D eigenvalue weighted by Crippen LogP contribution is 2.30. The SMILES string of the molecule is CC(=O)OC1C[C@@H](COC(=O)c2ccccc2)O[C@H]1n1cc(F)c(=O)[nH]c1=O. The number of carbonyl (C=O) groups excluding carboxylic acids is 2. The second-order valence-electron chi connectivity index (χ2n) is 6.14. The van der Waals surface area contributed by atoms with Crippen molar-refractivity contribution in [2.75, 3.05) is 6.61 Å². The topological polar surface area (TPSA) is 117 Å². The summed E-state index contributed by atoms with van der Waals surface area (Å²) >= 11 is 0. The number of ether oxygens (including phenoxy) is 3. The van der Waals surface area contributed by atoms with Crippen LogP contribution in [-0.2, 0) is 19.0 Å². The highest BCUT2D eigenvalue weighted by atomic mass is 19.1. The molecule has 1 N–H and O–H groups in total. The second kappa shape index (κ2) is 8.17. The minimum absolute atomic E-state index is 0.111. The summed E-state index contributed by atoms with van der Waals surface area (Å²) in [6.45, 7) is 1.01. The third kappa shape index (κ3) is 4.34. The number of hydrogen-bond acceptors (Lipinski definition) is 7. The maximum absolute atomic E-state index is 13.6. The maximum atomic E-state index is 13.6. The molecule has 0 bridgehead atoms. The lowest BCUT2D eigenvalue weighted by Crippen LogP contribution is -2.37. The molecule has 28 heavy (non-hydrogen) atoms. The van der Waals surface area contributed by atoms with Gasteiger partial charge in [0.1, 0.15) is 12.7 Å². The fraction of sp³-hybridized carbons (Fsp3) is 0.333. The highest BCUT2D eigenvalue weighted by Gasteiger charge is 2.40. The summed E-state index contributed by atoms with van der Waals surface area (Å²) in [6, 6.07) is 8.31. The Labute approximate surface area is 157 Å². The van der Waals surface area contributed by atoms with Crippen molar-refractivity contribution in [1.82, 2.24) is 9.55 Å². The summed E-state index contributed by atoms with van der Waals surface area (Å²) in [6.07, 6.45) is -2.02. The summed E-state index contributed by atoms with van der Waals surface area (Å²) in [5.41, 5.74) is -1.74. The van der Waals surface area contributed by atoms with Gasteiger partial charge < -0.3 is 14.2 Å². The number of nitrogens with one attached hydrogen (secondary N) is 1. The first-order chi connectivity index (χ1) is 13.3. The number of halogens is 1.